The van der Waals surface area contributed by atoms with E-state index in [9.17, 15) is 4.79 Å². The Kier molecular flexibility index (Phi) is 6.23. The standard InChI is InChI=1S/C23H28N2O2S/c1-27-22-7-3-5-19-17(4-2-6-21(19)22)11-13-24-12-10-16-8-9-20-18(14-16)15-28-25-23(20)26/h3,5,7-9,14,17,24H,2,4,6,10-13,15H2,1H3,(H,25,26). The molecule has 2 N–H and O–H groups in total. The average Bonchev–Trinajstić information content (AvgIpc) is 2.73. The number of hydrogen-bond donors (Lipinski definition) is 2. The Hall–Kier alpha value is -1.98. The van der Waals surface area contributed by atoms with Crippen LogP contribution in [0.5, 0.6) is 5.75 Å². The molecule has 1 heterocycles. The Morgan fingerprint density at radius 2 is 2.18 bits per heavy atom. The molecule has 5 heteroatoms. The number of nitrogens with one attached hydrogen (secondary N) is 2. The van der Waals surface area contributed by atoms with Gasteiger partial charge in [0.25, 0.3) is 5.91 Å². The maximum atomic E-state index is 11.8. The molecule has 0 saturated heterocycles. The Labute approximate surface area is 171 Å². The molecule has 0 saturated carbocycles. The molecule has 1 unspecified atom stereocenters. The lowest BCUT2D eigenvalue weighted by Crippen LogP contribution is -2.23. The number of ether oxygens (including phenoxy) is 1. The second kappa shape index (κ2) is 9.01. The van der Waals surface area contributed by atoms with Crippen molar-refractivity contribution in [3.63, 3.8) is 0 Å². The van der Waals surface area contributed by atoms with E-state index < -0.39 is 0 Å². The fourth-order valence-electron chi connectivity index (χ4n) is 4.42. The first-order valence-corrected chi connectivity index (χ1v) is 11.1. The molecular weight excluding hydrogens is 368 g/mol. The summed E-state index contributed by atoms with van der Waals surface area (Å²) >= 11 is 1.48. The molecule has 0 radical (unpaired) electrons. The van der Waals surface area contributed by atoms with E-state index in [1.165, 1.54) is 47.9 Å². The zero-order valence-corrected chi connectivity index (χ0v) is 17.2. The number of amides is 1. The van der Waals surface area contributed by atoms with Crippen LogP contribution in [0, 0.1) is 0 Å². The van der Waals surface area contributed by atoms with Crippen LogP contribution in [0.25, 0.3) is 0 Å². The van der Waals surface area contributed by atoms with E-state index in [2.05, 4.69) is 40.4 Å². The van der Waals surface area contributed by atoms with Gasteiger partial charge in [0.1, 0.15) is 5.75 Å². The van der Waals surface area contributed by atoms with Gasteiger partial charge in [0.15, 0.2) is 0 Å². The van der Waals surface area contributed by atoms with Crippen LogP contribution in [0.4, 0.5) is 0 Å². The number of hydrogen-bond acceptors (Lipinski definition) is 4. The van der Waals surface area contributed by atoms with Crippen molar-refractivity contribution < 1.29 is 9.53 Å². The summed E-state index contributed by atoms with van der Waals surface area (Å²) in [6.45, 7) is 2.00. The molecule has 4 rings (SSSR count). The summed E-state index contributed by atoms with van der Waals surface area (Å²) in [5.41, 5.74) is 6.17. The highest BCUT2D eigenvalue weighted by Gasteiger charge is 2.22. The average molecular weight is 397 g/mol. The zero-order chi connectivity index (χ0) is 19.3. The Balaban J connectivity index is 1.27. The summed E-state index contributed by atoms with van der Waals surface area (Å²) in [6.07, 6.45) is 5.82. The van der Waals surface area contributed by atoms with Gasteiger partial charge >= 0.3 is 0 Å². The van der Waals surface area contributed by atoms with Crippen molar-refractivity contribution in [1.82, 2.24) is 10.0 Å². The molecule has 0 aromatic heterocycles. The lowest BCUT2D eigenvalue weighted by atomic mass is 9.80. The van der Waals surface area contributed by atoms with Crippen LogP contribution in [-0.2, 0) is 18.6 Å². The minimum absolute atomic E-state index is 0.0281. The van der Waals surface area contributed by atoms with Crippen LogP contribution in [0.3, 0.4) is 0 Å². The van der Waals surface area contributed by atoms with Gasteiger partial charge in [-0.1, -0.05) is 24.3 Å². The molecule has 28 heavy (non-hydrogen) atoms. The highest BCUT2D eigenvalue weighted by atomic mass is 32.2. The Bertz CT molecular complexity index is 852. The molecule has 4 nitrogen and oxygen atoms in total. The summed E-state index contributed by atoms with van der Waals surface area (Å²) < 4.78 is 8.38. The zero-order valence-electron chi connectivity index (χ0n) is 16.4. The maximum absolute atomic E-state index is 11.8. The Morgan fingerprint density at radius 1 is 1.25 bits per heavy atom. The summed E-state index contributed by atoms with van der Waals surface area (Å²) in [7, 11) is 1.77. The molecule has 2 aliphatic rings. The van der Waals surface area contributed by atoms with Gasteiger partial charge in [0, 0.05) is 11.3 Å². The van der Waals surface area contributed by atoms with Crippen molar-refractivity contribution >= 4 is 17.9 Å². The molecular formula is C23H28N2O2S. The van der Waals surface area contributed by atoms with E-state index in [4.69, 9.17) is 4.74 Å². The van der Waals surface area contributed by atoms with Crippen molar-refractivity contribution in [2.75, 3.05) is 20.2 Å². The van der Waals surface area contributed by atoms with Crippen LogP contribution in [0.2, 0.25) is 0 Å². The molecule has 0 bridgehead atoms. The van der Waals surface area contributed by atoms with Crippen LogP contribution < -0.4 is 14.8 Å². The van der Waals surface area contributed by atoms with Gasteiger partial charge in [0.2, 0.25) is 0 Å². The van der Waals surface area contributed by atoms with Crippen LogP contribution in [0.1, 0.15) is 57.8 Å². The number of methoxy groups -OCH3 is 1. The molecule has 1 atom stereocenters. The smallest absolute Gasteiger partial charge is 0.261 e. The first-order chi connectivity index (χ1) is 13.8. The van der Waals surface area contributed by atoms with E-state index in [1.54, 1.807) is 7.11 Å². The largest absolute Gasteiger partial charge is 0.496 e. The number of benzene rings is 2. The predicted octanol–water partition coefficient (Wildman–Crippen LogP) is 4.23. The third kappa shape index (κ3) is 4.20. The van der Waals surface area contributed by atoms with Crippen molar-refractivity contribution in [3.8, 4) is 5.75 Å². The first-order valence-electron chi connectivity index (χ1n) is 10.2. The highest BCUT2D eigenvalue weighted by molar-refractivity contribution is 7.97. The molecule has 1 amide bonds. The van der Waals surface area contributed by atoms with Crippen molar-refractivity contribution in [3.05, 3.63) is 64.2 Å². The maximum Gasteiger partial charge on any atom is 0.261 e. The summed E-state index contributed by atoms with van der Waals surface area (Å²) in [5, 5.41) is 3.61. The van der Waals surface area contributed by atoms with Gasteiger partial charge in [-0.15, -0.1) is 0 Å². The van der Waals surface area contributed by atoms with E-state index in [0.29, 0.717) is 5.92 Å². The third-order valence-electron chi connectivity index (χ3n) is 5.88. The predicted molar refractivity (Wildman–Crippen MR) is 115 cm³/mol. The minimum atomic E-state index is 0.0281. The number of carbonyl (C=O) groups is 1. The number of carbonyl (C=O) groups excluding carboxylic acids is 1. The van der Waals surface area contributed by atoms with Gasteiger partial charge in [-0.3, -0.25) is 9.52 Å². The van der Waals surface area contributed by atoms with E-state index in [0.717, 1.165) is 48.6 Å². The first kappa shape index (κ1) is 19.3. The van der Waals surface area contributed by atoms with Gasteiger partial charge in [-0.25, -0.2) is 0 Å². The lowest BCUT2D eigenvalue weighted by Gasteiger charge is -2.27. The second-order valence-corrected chi connectivity index (χ2v) is 8.40. The van der Waals surface area contributed by atoms with E-state index >= 15 is 0 Å². The van der Waals surface area contributed by atoms with Gasteiger partial charge in [0.05, 0.1) is 7.11 Å². The summed E-state index contributed by atoms with van der Waals surface area (Å²) in [5.74, 6) is 2.56. The van der Waals surface area contributed by atoms with Crippen LogP contribution in [-0.4, -0.2) is 26.1 Å². The quantitative estimate of drug-likeness (QED) is 0.543. The van der Waals surface area contributed by atoms with Crippen molar-refractivity contribution in [2.24, 2.45) is 0 Å². The molecule has 0 spiro atoms. The van der Waals surface area contributed by atoms with Crippen molar-refractivity contribution in [2.45, 2.75) is 43.8 Å². The topological polar surface area (TPSA) is 50.4 Å². The van der Waals surface area contributed by atoms with Gasteiger partial charge < -0.3 is 10.1 Å². The van der Waals surface area contributed by atoms with Crippen LogP contribution in [0.15, 0.2) is 36.4 Å². The normalized spacial score (nSPS) is 18.2. The molecule has 0 fully saturated rings. The number of rotatable bonds is 7. The van der Waals surface area contributed by atoms with Crippen molar-refractivity contribution in [1.29, 1.82) is 0 Å². The second-order valence-electron chi connectivity index (χ2n) is 7.62. The Morgan fingerprint density at radius 3 is 3.07 bits per heavy atom. The molecule has 148 valence electrons. The van der Waals surface area contributed by atoms with E-state index in [-0.39, 0.29) is 5.91 Å². The third-order valence-corrected chi connectivity index (χ3v) is 6.66. The fraction of sp³-hybridized carbons (Fsp3) is 0.435. The van der Waals surface area contributed by atoms with Gasteiger partial charge in [-0.2, -0.15) is 0 Å². The SMILES string of the molecule is COc1cccc2c1CCCC2CCNCCc1ccc2c(c1)CSNC2=O. The highest BCUT2D eigenvalue weighted by Crippen LogP contribution is 2.38. The van der Waals surface area contributed by atoms with Crippen LogP contribution >= 0.6 is 11.9 Å². The van der Waals surface area contributed by atoms with Gasteiger partial charge in [-0.05, 0) is 97.4 Å². The number of fused-ring (bicyclic) bond motifs is 2. The fourth-order valence-corrected chi connectivity index (χ4v) is 5.12. The molecule has 2 aromatic rings. The van der Waals surface area contributed by atoms with E-state index in [1.807, 2.05) is 6.07 Å². The monoisotopic (exact) mass is 396 g/mol. The molecule has 1 aliphatic heterocycles. The summed E-state index contributed by atoms with van der Waals surface area (Å²) in [4.78, 5) is 11.8. The minimum Gasteiger partial charge on any atom is -0.496 e. The summed E-state index contributed by atoms with van der Waals surface area (Å²) in [6, 6.07) is 12.7. The molecule has 1 aliphatic carbocycles. The molecule has 2 aromatic carbocycles. The lowest BCUT2D eigenvalue weighted by molar-refractivity contribution is 0.0982.